The molecule has 1 aliphatic carbocycles. The van der Waals surface area contributed by atoms with Crippen molar-refractivity contribution >= 4 is 18.9 Å². The molecule has 5 nitrogen and oxygen atoms in total. The fraction of sp³-hybridized carbons (Fsp3) is 0.536. The van der Waals surface area contributed by atoms with Crippen LogP contribution in [0.3, 0.4) is 0 Å². The summed E-state index contributed by atoms with van der Waals surface area (Å²) < 4.78 is 0. The standard InChI is InChI=1S/C17H25NO.C10H13NO.CH2O/c1-3-14-5-4-6-15(13-14)7-8-17(19)16-9-11-18(2)12-10-16;1-7(2)11-6-8(3-4-12)9-5-10(9)11;1-2/h4-6,13,16H,3,7-12H2,1-2H3;4-7,10H,3H2,1-2H3;1H2. The van der Waals surface area contributed by atoms with Crippen molar-refractivity contribution in [2.45, 2.75) is 71.4 Å². The molecule has 1 saturated heterocycles. The first-order valence-electron chi connectivity index (χ1n) is 12.1. The van der Waals surface area contributed by atoms with Crippen molar-refractivity contribution in [1.29, 1.82) is 0 Å². The van der Waals surface area contributed by atoms with Gasteiger partial charge in [0.15, 0.2) is 0 Å². The highest BCUT2D eigenvalue weighted by molar-refractivity contribution is 5.81. The normalized spacial score (nSPS) is 19.4. The lowest BCUT2D eigenvalue weighted by molar-refractivity contribution is -0.124. The summed E-state index contributed by atoms with van der Waals surface area (Å²) in [7, 11) is 2.14. The topological polar surface area (TPSA) is 57.7 Å². The van der Waals surface area contributed by atoms with Gasteiger partial charge in [-0.2, -0.15) is 0 Å². The van der Waals surface area contributed by atoms with Crippen LogP contribution in [0, 0.1) is 5.92 Å². The van der Waals surface area contributed by atoms with Crippen molar-refractivity contribution in [3.8, 4) is 0 Å². The molecule has 0 spiro atoms. The second-order valence-corrected chi connectivity index (χ2v) is 9.35. The number of hydrogen-bond donors (Lipinski definition) is 0. The van der Waals surface area contributed by atoms with Crippen LogP contribution in [0.25, 0.3) is 0 Å². The van der Waals surface area contributed by atoms with E-state index in [1.165, 1.54) is 22.3 Å². The minimum atomic E-state index is 0.311. The first kappa shape index (κ1) is 26.7. The fourth-order valence-corrected chi connectivity index (χ4v) is 4.54. The number of carbonyl (C=O) groups excluding carboxylic acids is 3. The number of nitrogens with zero attached hydrogens (tertiary/aromatic N) is 2. The van der Waals surface area contributed by atoms with Gasteiger partial charge < -0.3 is 19.4 Å². The predicted octanol–water partition coefficient (Wildman–Crippen LogP) is 4.40. The molecule has 2 aliphatic heterocycles. The maximum Gasteiger partial charge on any atom is 0.136 e. The highest BCUT2D eigenvalue weighted by atomic mass is 16.1. The number of rotatable bonds is 8. The Labute approximate surface area is 199 Å². The predicted molar refractivity (Wildman–Crippen MR) is 134 cm³/mol. The fourth-order valence-electron chi connectivity index (χ4n) is 4.54. The molecule has 0 radical (unpaired) electrons. The van der Waals surface area contributed by atoms with Crippen LogP contribution < -0.4 is 0 Å². The smallest absolute Gasteiger partial charge is 0.136 e. The van der Waals surface area contributed by atoms with Gasteiger partial charge in [-0.25, -0.2) is 0 Å². The Morgan fingerprint density at radius 3 is 2.42 bits per heavy atom. The molecule has 1 aromatic carbocycles. The van der Waals surface area contributed by atoms with Gasteiger partial charge in [0.1, 0.15) is 18.9 Å². The van der Waals surface area contributed by atoms with Gasteiger partial charge >= 0.3 is 0 Å². The summed E-state index contributed by atoms with van der Waals surface area (Å²) in [4.78, 5) is 35.1. The lowest BCUT2D eigenvalue weighted by Crippen LogP contribution is -2.33. The molecule has 0 amide bonds. The van der Waals surface area contributed by atoms with Crippen LogP contribution in [0.4, 0.5) is 0 Å². The molecular weight excluding hydrogens is 412 g/mol. The van der Waals surface area contributed by atoms with E-state index in [-0.39, 0.29) is 0 Å². The van der Waals surface area contributed by atoms with Gasteiger partial charge in [-0.15, -0.1) is 0 Å². The molecule has 1 fully saturated rings. The average Bonchev–Trinajstić information content (AvgIpc) is 3.55. The van der Waals surface area contributed by atoms with E-state index in [2.05, 4.69) is 74.2 Å². The molecular formula is C28H40N2O3. The quantitative estimate of drug-likeness (QED) is 0.547. The van der Waals surface area contributed by atoms with Gasteiger partial charge in [0, 0.05) is 31.0 Å². The zero-order valence-corrected chi connectivity index (χ0v) is 20.8. The van der Waals surface area contributed by atoms with E-state index >= 15 is 0 Å². The molecule has 1 atom stereocenters. The summed E-state index contributed by atoms with van der Waals surface area (Å²) in [5.41, 5.74) is 5.25. The summed E-state index contributed by atoms with van der Waals surface area (Å²) >= 11 is 0. The molecule has 0 saturated carbocycles. The summed E-state index contributed by atoms with van der Waals surface area (Å²) in [6, 6.07) is 9.70. The average molecular weight is 453 g/mol. The molecule has 1 unspecified atom stereocenters. The molecule has 0 bridgehead atoms. The molecule has 0 N–H and O–H groups in total. The molecule has 4 rings (SSSR count). The molecule has 5 heteroatoms. The maximum absolute atomic E-state index is 12.2. The summed E-state index contributed by atoms with van der Waals surface area (Å²) in [5, 5.41) is 0. The van der Waals surface area contributed by atoms with E-state index < -0.39 is 0 Å². The highest BCUT2D eigenvalue weighted by Crippen LogP contribution is 2.41. The second kappa shape index (κ2) is 13.2. The number of benzene rings is 1. The summed E-state index contributed by atoms with van der Waals surface area (Å²) in [5.74, 6) is 0.778. The lowest BCUT2D eigenvalue weighted by atomic mass is 9.89. The molecule has 180 valence electrons. The van der Waals surface area contributed by atoms with E-state index in [0.29, 0.717) is 36.6 Å². The summed E-state index contributed by atoms with van der Waals surface area (Å²) in [6.07, 6.45) is 10.7. The number of carbonyl (C=O) groups is 3. The van der Waals surface area contributed by atoms with Crippen molar-refractivity contribution in [1.82, 2.24) is 9.80 Å². The second-order valence-electron chi connectivity index (χ2n) is 9.35. The monoisotopic (exact) mass is 452 g/mol. The number of ketones is 1. The van der Waals surface area contributed by atoms with Crippen molar-refractivity contribution in [3.05, 3.63) is 58.8 Å². The molecule has 2 heterocycles. The minimum Gasteiger partial charge on any atom is -0.364 e. The Hall–Kier alpha value is -2.53. The molecule has 0 aromatic heterocycles. The zero-order valence-electron chi connectivity index (χ0n) is 20.8. The van der Waals surface area contributed by atoms with Crippen LogP contribution in [-0.4, -0.2) is 60.9 Å². The third-order valence-corrected chi connectivity index (χ3v) is 6.68. The molecule has 1 aromatic rings. The maximum atomic E-state index is 12.2. The van der Waals surface area contributed by atoms with E-state index in [0.717, 1.165) is 45.1 Å². The number of piperidine rings is 1. The van der Waals surface area contributed by atoms with Crippen LogP contribution in [-0.2, 0) is 27.2 Å². The van der Waals surface area contributed by atoms with Crippen LogP contribution >= 0.6 is 0 Å². The Balaban J connectivity index is 0.000000236. The summed E-state index contributed by atoms with van der Waals surface area (Å²) in [6.45, 7) is 10.7. The van der Waals surface area contributed by atoms with Crippen molar-refractivity contribution in [2.24, 2.45) is 5.92 Å². The number of aryl methyl sites for hydroxylation is 2. The molecule has 3 aliphatic rings. The van der Waals surface area contributed by atoms with E-state index in [1.807, 2.05) is 6.79 Å². The largest absolute Gasteiger partial charge is 0.364 e. The van der Waals surface area contributed by atoms with Gasteiger partial charge in [0.25, 0.3) is 0 Å². The van der Waals surface area contributed by atoms with E-state index in [1.54, 1.807) is 0 Å². The van der Waals surface area contributed by atoms with Gasteiger partial charge in [-0.05, 0) is 81.9 Å². The van der Waals surface area contributed by atoms with Gasteiger partial charge in [0.2, 0.25) is 0 Å². The lowest BCUT2D eigenvalue weighted by Gasteiger charge is -2.28. The van der Waals surface area contributed by atoms with Crippen molar-refractivity contribution < 1.29 is 14.4 Å². The number of likely N-dealkylation sites (tertiary alicyclic amines) is 1. The third kappa shape index (κ3) is 7.78. The third-order valence-electron chi connectivity index (χ3n) is 6.68. The number of Topliss-reactive ketones (excluding diaryl/α,β-unsaturated/α-hetero) is 1. The van der Waals surface area contributed by atoms with Gasteiger partial charge in [-0.3, -0.25) is 4.79 Å². The Morgan fingerprint density at radius 1 is 1.18 bits per heavy atom. The first-order chi connectivity index (χ1) is 15.9. The molecule has 33 heavy (non-hydrogen) atoms. The first-order valence-corrected chi connectivity index (χ1v) is 12.1. The van der Waals surface area contributed by atoms with Crippen LogP contribution in [0.1, 0.15) is 57.6 Å². The van der Waals surface area contributed by atoms with Gasteiger partial charge in [0.05, 0.1) is 6.04 Å². The minimum absolute atomic E-state index is 0.311. The van der Waals surface area contributed by atoms with Gasteiger partial charge in [-0.1, -0.05) is 37.3 Å². The SMILES string of the molecule is C=O.CC(C)N1C=C(CC=O)C2=CC21.CCc1cccc(CCC(=O)C2CCN(C)CC2)c1. The Kier molecular flexibility index (Phi) is 10.7. The van der Waals surface area contributed by atoms with Crippen LogP contribution in [0.15, 0.2) is 47.7 Å². The van der Waals surface area contributed by atoms with E-state index in [9.17, 15) is 9.59 Å². The van der Waals surface area contributed by atoms with Crippen LogP contribution in [0.2, 0.25) is 0 Å². The number of aldehydes is 1. The van der Waals surface area contributed by atoms with Crippen LogP contribution in [0.5, 0.6) is 0 Å². The van der Waals surface area contributed by atoms with E-state index in [4.69, 9.17) is 4.79 Å². The Morgan fingerprint density at radius 2 is 1.85 bits per heavy atom. The van der Waals surface area contributed by atoms with Crippen molar-refractivity contribution in [3.63, 3.8) is 0 Å². The number of hydrogen-bond acceptors (Lipinski definition) is 5. The zero-order chi connectivity index (χ0) is 24.4. The highest BCUT2D eigenvalue weighted by Gasteiger charge is 2.38. The number of fused-ring (bicyclic) bond motifs is 1. The Bertz CT molecular complexity index is 850. The van der Waals surface area contributed by atoms with Crippen molar-refractivity contribution in [2.75, 3.05) is 20.1 Å².